The van der Waals surface area contributed by atoms with E-state index >= 15 is 0 Å². The van der Waals surface area contributed by atoms with Crippen LogP contribution in [0.25, 0.3) is 0 Å². The maximum absolute atomic E-state index is 11.9. The second kappa shape index (κ2) is 8.07. The topological polar surface area (TPSA) is 132 Å². The number of carbonyl (C=O) groups is 1. The molecule has 1 saturated heterocycles. The summed E-state index contributed by atoms with van der Waals surface area (Å²) >= 11 is 0.820. The van der Waals surface area contributed by atoms with E-state index in [1.807, 2.05) is 5.40 Å². The van der Waals surface area contributed by atoms with E-state index in [4.69, 9.17) is 19.5 Å². The van der Waals surface area contributed by atoms with Crippen molar-refractivity contribution in [1.82, 2.24) is 0 Å². The maximum Gasteiger partial charge on any atom is 0.338 e. The Morgan fingerprint density at radius 1 is 1.50 bits per heavy atom. The molecule has 0 aliphatic carbocycles. The molecular weight excluding hydrogens is 340 g/mol. The summed E-state index contributed by atoms with van der Waals surface area (Å²) in [5, 5.41) is 30.7. The number of nitro groups is 1. The van der Waals surface area contributed by atoms with Gasteiger partial charge in [0, 0.05) is 19.2 Å². The number of hydrogen-bond donors (Lipinski definition) is 1. The van der Waals surface area contributed by atoms with Crippen LogP contribution >= 0.6 is 11.8 Å². The molecule has 0 saturated carbocycles. The van der Waals surface area contributed by atoms with Crippen LogP contribution < -0.4 is 0 Å². The van der Waals surface area contributed by atoms with Crippen LogP contribution in [-0.2, 0) is 14.2 Å². The van der Waals surface area contributed by atoms with Crippen molar-refractivity contribution in [3.05, 3.63) is 39.9 Å². The summed E-state index contributed by atoms with van der Waals surface area (Å²) < 4.78 is 15.5. The van der Waals surface area contributed by atoms with Gasteiger partial charge in [-0.15, -0.1) is 0 Å². The average molecular weight is 354 g/mol. The van der Waals surface area contributed by atoms with Crippen molar-refractivity contribution in [2.45, 2.75) is 23.7 Å². The Morgan fingerprint density at radius 3 is 2.71 bits per heavy atom. The second-order valence-electron chi connectivity index (χ2n) is 4.85. The molecule has 1 N–H and O–H groups in total. The lowest BCUT2D eigenvalue weighted by molar-refractivity contribution is -0.384. The zero-order chi connectivity index (χ0) is 17.7. The van der Waals surface area contributed by atoms with E-state index in [0.29, 0.717) is 0 Å². The highest BCUT2D eigenvalue weighted by atomic mass is 32.2. The molecule has 1 aromatic carbocycles. The number of aliphatic hydroxyl groups excluding tert-OH is 1. The Hall–Kier alpha value is -2.19. The van der Waals surface area contributed by atoms with Crippen LogP contribution in [0.1, 0.15) is 10.4 Å². The molecule has 128 valence electrons. The number of rotatable bonds is 6. The molecule has 4 atom stereocenters. The van der Waals surface area contributed by atoms with Crippen LogP contribution in [0.15, 0.2) is 24.3 Å². The molecule has 1 aromatic rings. The van der Waals surface area contributed by atoms with E-state index in [1.54, 1.807) is 0 Å². The summed E-state index contributed by atoms with van der Waals surface area (Å²) in [4.78, 5) is 21.9. The smallest absolute Gasteiger partial charge is 0.338 e. The van der Waals surface area contributed by atoms with Crippen molar-refractivity contribution in [2.24, 2.45) is 0 Å². The van der Waals surface area contributed by atoms with Crippen LogP contribution in [0.3, 0.4) is 0 Å². The predicted molar refractivity (Wildman–Crippen MR) is 82.0 cm³/mol. The SMILES string of the molecule is CO[C@H]1O[C@@H](COC(=O)c2ccc([N+](=O)[O-])cc2)[C@@H](O)[C@@H]1SC#N. The van der Waals surface area contributed by atoms with Gasteiger partial charge in [0.05, 0.1) is 15.7 Å². The monoisotopic (exact) mass is 354 g/mol. The van der Waals surface area contributed by atoms with Crippen molar-refractivity contribution in [1.29, 1.82) is 5.26 Å². The summed E-state index contributed by atoms with van der Waals surface area (Å²) in [7, 11) is 1.38. The first-order chi connectivity index (χ1) is 11.5. The van der Waals surface area contributed by atoms with E-state index in [2.05, 4.69) is 0 Å². The van der Waals surface area contributed by atoms with E-state index in [0.717, 1.165) is 11.8 Å². The van der Waals surface area contributed by atoms with Crippen molar-refractivity contribution < 1.29 is 29.0 Å². The summed E-state index contributed by atoms with van der Waals surface area (Å²) in [5.74, 6) is -0.703. The highest BCUT2D eigenvalue weighted by Crippen LogP contribution is 2.31. The van der Waals surface area contributed by atoms with Crippen LogP contribution in [0.2, 0.25) is 0 Å². The van der Waals surface area contributed by atoms with Crippen molar-refractivity contribution in [2.75, 3.05) is 13.7 Å². The zero-order valence-corrected chi connectivity index (χ0v) is 13.3. The first kappa shape index (κ1) is 18.2. The third-order valence-corrected chi connectivity index (χ3v) is 4.29. The molecular formula is C14H14N2O7S. The Bertz CT molecular complexity index is 646. The minimum absolute atomic E-state index is 0.138. The number of non-ortho nitro benzene ring substituents is 1. The number of hydrogen-bond acceptors (Lipinski definition) is 9. The van der Waals surface area contributed by atoms with Gasteiger partial charge in [-0.1, -0.05) is 0 Å². The van der Waals surface area contributed by atoms with Gasteiger partial charge in [0.15, 0.2) is 6.29 Å². The van der Waals surface area contributed by atoms with E-state index in [9.17, 15) is 20.0 Å². The van der Waals surface area contributed by atoms with Crippen molar-refractivity contribution in [3.8, 4) is 5.40 Å². The van der Waals surface area contributed by atoms with Gasteiger partial charge in [-0.2, -0.15) is 5.26 Å². The van der Waals surface area contributed by atoms with Gasteiger partial charge in [0.1, 0.15) is 24.2 Å². The molecule has 1 heterocycles. The number of nitro benzene ring substituents is 1. The number of carbonyl (C=O) groups excluding carboxylic acids is 1. The number of ether oxygens (including phenoxy) is 3. The normalized spacial score (nSPS) is 25.9. The molecule has 1 fully saturated rings. The fraction of sp³-hybridized carbons (Fsp3) is 0.429. The number of nitriles is 1. The average Bonchev–Trinajstić information content (AvgIpc) is 2.89. The lowest BCUT2D eigenvalue weighted by Crippen LogP contribution is -2.33. The maximum atomic E-state index is 11.9. The van der Waals surface area contributed by atoms with Gasteiger partial charge in [0.25, 0.3) is 5.69 Å². The van der Waals surface area contributed by atoms with Crippen molar-refractivity contribution in [3.63, 3.8) is 0 Å². The molecule has 0 amide bonds. The summed E-state index contributed by atoms with van der Waals surface area (Å²) in [6.07, 6.45) is -2.65. The van der Waals surface area contributed by atoms with Gasteiger partial charge in [0.2, 0.25) is 0 Å². The van der Waals surface area contributed by atoms with E-state index < -0.39 is 34.6 Å². The van der Waals surface area contributed by atoms with Gasteiger partial charge in [-0.25, -0.2) is 4.79 Å². The number of aliphatic hydroxyl groups is 1. The van der Waals surface area contributed by atoms with Gasteiger partial charge in [-0.05, 0) is 23.9 Å². The molecule has 0 aromatic heterocycles. The number of methoxy groups -OCH3 is 1. The highest BCUT2D eigenvalue weighted by Gasteiger charge is 2.45. The summed E-state index contributed by atoms with van der Waals surface area (Å²) in [5.41, 5.74) is -0.000247. The Balaban J connectivity index is 1.94. The van der Waals surface area contributed by atoms with Gasteiger partial charge in [-0.3, -0.25) is 10.1 Å². The van der Waals surface area contributed by atoms with Crippen LogP contribution in [0.5, 0.6) is 0 Å². The molecule has 0 bridgehead atoms. The van der Waals surface area contributed by atoms with Gasteiger partial charge < -0.3 is 19.3 Å². The first-order valence-corrected chi connectivity index (χ1v) is 7.68. The van der Waals surface area contributed by atoms with Crippen LogP contribution in [-0.4, -0.2) is 53.5 Å². The standard InChI is InChI=1S/C14H14N2O7S/c1-21-14-12(24-7-15)11(17)10(23-14)6-22-13(18)8-2-4-9(5-3-8)16(19)20/h2-5,10-12,14,17H,6H2,1H3/t10-,11+,12-,14-/m0/s1. The minimum Gasteiger partial charge on any atom is -0.459 e. The number of thioether (sulfide) groups is 1. The molecule has 9 nitrogen and oxygen atoms in total. The number of esters is 1. The second-order valence-corrected chi connectivity index (χ2v) is 5.81. The molecule has 1 aliphatic heterocycles. The lowest BCUT2D eigenvalue weighted by atomic mass is 10.2. The quantitative estimate of drug-likeness (QED) is 0.345. The number of nitrogens with zero attached hydrogens (tertiary/aromatic N) is 2. The van der Waals surface area contributed by atoms with Crippen LogP contribution in [0, 0.1) is 20.8 Å². The van der Waals surface area contributed by atoms with E-state index in [1.165, 1.54) is 31.4 Å². The molecule has 0 radical (unpaired) electrons. The molecule has 10 heteroatoms. The fourth-order valence-corrected chi connectivity index (χ4v) is 2.90. The summed E-state index contributed by atoms with van der Waals surface area (Å²) in [6, 6.07) is 4.94. The fourth-order valence-electron chi connectivity index (χ4n) is 2.18. The predicted octanol–water partition coefficient (Wildman–Crippen LogP) is 1.07. The largest absolute Gasteiger partial charge is 0.459 e. The lowest BCUT2D eigenvalue weighted by Gasteiger charge is -2.15. The molecule has 0 unspecified atom stereocenters. The zero-order valence-electron chi connectivity index (χ0n) is 12.5. The number of thiocyanates is 1. The summed E-state index contributed by atoms with van der Waals surface area (Å²) in [6.45, 7) is -0.237. The number of benzene rings is 1. The molecule has 2 rings (SSSR count). The Morgan fingerprint density at radius 2 is 2.17 bits per heavy atom. The van der Waals surface area contributed by atoms with Gasteiger partial charge >= 0.3 is 5.97 Å². The molecule has 24 heavy (non-hydrogen) atoms. The Kier molecular flexibility index (Phi) is 6.10. The minimum atomic E-state index is -1.04. The first-order valence-electron chi connectivity index (χ1n) is 6.80. The van der Waals surface area contributed by atoms with Crippen LogP contribution in [0.4, 0.5) is 5.69 Å². The highest BCUT2D eigenvalue weighted by molar-refractivity contribution is 8.04. The third-order valence-electron chi connectivity index (χ3n) is 3.41. The van der Waals surface area contributed by atoms with E-state index in [-0.39, 0.29) is 17.9 Å². The van der Waals surface area contributed by atoms with Crippen molar-refractivity contribution >= 4 is 23.4 Å². The third kappa shape index (κ3) is 4.01. The molecule has 1 aliphatic rings. The Labute approximate surface area is 141 Å². The molecule has 0 spiro atoms.